The fourth-order valence-electron chi connectivity index (χ4n) is 2.18. The molecule has 110 valence electrons. The molecule has 0 saturated heterocycles. The molecule has 1 aromatic rings. The van der Waals surface area contributed by atoms with Crippen LogP contribution in [0.2, 0.25) is 0 Å². The Labute approximate surface area is 120 Å². The van der Waals surface area contributed by atoms with Crippen molar-refractivity contribution >= 4 is 11.6 Å². The molecular formula is C16H24N2O2. The molecule has 1 aliphatic rings. The molecule has 1 aromatic carbocycles. The van der Waals surface area contributed by atoms with E-state index in [0.29, 0.717) is 25.6 Å². The van der Waals surface area contributed by atoms with Gasteiger partial charge in [0.1, 0.15) is 0 Å². The van der Waals surface area contributed by atoms with Gasteiger partial charge in [-0.1, -0.05) is 19.1 Å². The second kappa shape index (κ2) is 7.29. The maximum Gasteiger partial charge on any atom is 0.225 e. The van der Waals surface area contributed by atoms with E-state index in [1.165, 1.54) is 0 Å². The van der Waals surface area contributed by atoms with Crippen molar-refractivity contribution in [3.63, 3.8) is 0 Å². The number of anilines is 1. The Hall–Kier alpha value is -1.55. The van der Waals surface area contributed by atoms with Crippen molar-refractivity contribution in [1.82, 2.24) is 4.90 Å². The third-order valence-electron chi connectivity index (χ3n) is 3.45. The first kappa shape index (κ1) is 14.9. The molecule has 0 heterocycles. The van der Waals surface area contributed by atoms with Crippen LogP contribution in [0.15, 0.2) is 24.3 Å². The highest BCUT2D eigenvalue weighted by molar-refractivity contribution is 5.77. The van der Waals surface area contributed by atoms with E-state index < -0.39 is 0 Å². The number of rotatable bonds is 8. The van der Waals surface area contributed by atoms with Gasteiger partial charge in [-0.2, -0.15) is 0 Å². The van der Waals surface area contributed by atoms with Crippen LogP contribution in [0.4, 0.5) is 5.69 Å². The summed E-state index contributed by atoms with van der Waals surface area (Å²) in [5.74, 6) is 0.195. The summed E-state index contributed by atoms with van der Waals surface area (Å²) in [4.78, 5) is 14.3. The lowest BCUT2D eigenvalue weighted by molar-refractivity contribution is -0.133. The maximum absolute atomic E-state index is 12.3. The van der Waals surface area contributed by atoms with Crippen LogP contribution < -0.4 is 5.73 Å². The van der Waals surface area contributed by atoms with Crippen LogP contribution in [0.5, 0.6) is 0 Å². The molecule has 2 rings (SSSR count). The number of carbonyl (C=O) groups is 1. The van der Waals surface area contributed by atoms with Crippen molar-refractivity contribution in [1.29, 1.82) is 0 Å². The SMILES string of the molecule is CCCOCCC(=O)N(Cc1ccc(N)cc1)C1CC1. The Kier molecular flexibility index (Phi) is 5.41. The predicted molar refractivity (Wildman–Crippen MR) is 80.2 cm³/mol. The van der Waals surface area contributed by atoms with Crippen molar-refractivity contribution in [3.05, 3.63) is 29.8 Å². The second-order valence-electron chi connectivity index (χ2n) is 5.36. The predicted octanol–water partition coefficient (Wildman–Crippen LogP) is 2.58. The first-order chi connectivity index (χ1) is 9.70. The fraction of sp³-hybridized carbons (Fsp3) is 0.562. The summed E-state index contributed by atoms with van der Waals surface area (Å²) in [6.07, 6.45) is 3.71. The molecule has 4 heteroatoms. The van der Waals surface area contributed by atoms with Gasteiger partial charge >= 0.3 is 0 Å². The number of nitrogens with zero attached hydrogens (tertiary/aromatic N) is 1. The monoisotopic (exact) mass is 276 g/mol. The Morgan fingerprint density at radius 1 is 1.30 bits per heavy atom. The summed E-state index contributed by atoms with van der Waals surface area (Å²) < 4.78 is 5.41. The molecule has 0 bridgehead atoms. The van der Waals surface area contributed by atoms with Crippen molar-refractivity contribution in [2.24, 2.45) is 0 Å². The smallest absolute Gasteiger partial charge is 0.225 e. The number of amides is 1. The minimum atomic E-state index is 0.195. The summed E-state index contributed by atoms with van der Waals surface area (Å²) in [6.45, 7) is 4.00. The average Bonchev–Trinajstić information content (AvgIpc) is 3.27. The largest absolute Gasteiger partial charge is 0.399 e. The molecule has 1 aliphatic carbocycles. The molecule has 0 unspecified atom stereocenters. The number of nitrogen functional groups attached to an aromatic ring is 1. The Bertz CT molecular complexity index is 427. The number of ether oxygens (including phenoxy) is 1. The molecule has 4 nitrogen and oxygen atoms in total. The first-order valence-corrected chi connectivity index (χ1v) is 7.42. The normalized spacial score (nSPS) is 14.2. The van der Waals surface area contributed by atoms with Crippen LogP contribution in [0, 0.1) is 0 Å². The van der Waals surface area contributed by atoms with Crippen LogP contribution in [-0.4, -0.2) is 30.1 Å². The van der Waals surface area contributed by atoms with Gasteiger partial charge in [0.15, 0.2) is 0 Å². The van der Waals surface area contributed by atoms with Crippen LogP contribution in [0.3, 0.4) is 0 Å². The van der Waals surface area contributed by atoms with Crippen LogP contribution in [-0.2, 0) is 16.1 Å². The van der Waals surface area contributed by atoms with Crippen molar-refractivity contribution in [2.75, 3.05) is 18.9 Å². The average molecular weight is 276 g/mol. The lowest BCUT2D eigenvalue weighted by Crippen LogP contribution is -2.33. The molecule has 0 radical (unpaired) electrons. The Balaban J connectivity index is 1.86. The molecule has 2 N–H and O–H groups in total. The zero-order valence-corrected chi connectivity index (χ0v) is 12.2. The van der Waals surface area contributed by atoms with Gasteiger partial charge in [0.05, 0.1) is 13.0 Å². The number of hydrogen-bond acceptors (Lipinski definition) is 3. The summed E-state index contributed by atoms with van der Waals surface area (Å²) in [6, 6.07) is 8.17. The highest BCUT2D eigenvalue weighted by atomic mass is 16.5. The molecule has 1 saturated carbocycles. The molecule has 0 aromatic heterocycles. The third-order valence-corrected chi connectivity index (χ3v) is 3.45. The highest BCUT2D eigenvalue weighted by Crippen LogP contribution is 2.29. The topological polar surface area (TPSA) is 55.6 Å². The van der Waals surface area contributed by atoms with Crippen molar-refractivity contribution < 1.29 is 9.53 Å². The summed E-state index contributed by atoms with van der Waals surface area (Å²) in [7, 11) is 0. The van der Waals surface area contributed by atoms with Gasteiger partial charge in [0, 0.05) is 24.9 Å². The van der Waals surface area contributed by atoms with E-state index >= 15 is 0 Å². The van der Waals surface area contributed by atoms with Crippen LogP contribution in [0.25, 0.3) is 0 Å². The van der Waals surface area contributed by atoms with Crippen LogP contribution in [0.1, 0.15) is 38.2 Å². The van der Waals surface area contributed by atoms with E-state index in [9.17, 15) is 4.79 Å². The molecule has 1 fully saturated rings. The molecule has 20 heavy (non-hydrogen) atoms. The molecule has 0 atom stereocenters. The van der Waals surface area contributed by atoms with Gasteiger partial charge in [0.2, 0.25) is 5.91 Å². The van der Waals surface area contributed by atoms with Gasteiger partial charge in [-0.15, -0.1) is 0 Å². The molecule has 0 spiro atoms. The minimum Gasteiger partial charge on any atom is -0.399 e. The van der Waals surface area contributed by atoms with Crippen LogP contribution >= 0.6 is 0 Å². The molecule has 0 aliphatic heterocycles. The first-order valence-electron chi connectivity index (χ1n) is 7.42. The van der Waals surface area contributed by atoms with Gasteiger partial charge in [-0.25, -0.2) is 0 Å². The van der Waals surface area contributed by atoms with Gasteiger partial charge in [-0.3, -0.25) is 4.79 Å². The van der Waals surface area contributed by atoms with Crippen molar-refractivity contribution in [2.45, 2.75) is 45.2 Å². The van der Waals surface area contributed by atoms with E-state index in [0.717, 1.165) is 37.1 Å². The molecular weight excluding hydrogens is 252 g/mol. The Morgan fingerprint density at radius 3 is 2.60 bits per heavy atom. The number of hydrogen-bond donors (Lipinski definition) is 1. The second-order valence-corrected chi connectivity index (χ2v) is 5.36. The van der Waals surface area contributed by atoms with Gasteiger partial charge < -0.3 is 15.4 Å². The third kappa shape index (κ3) is 4.53. The highest BCUT2D eigenvalue weighted by Gasteiger charge is 2.32. The maximum atomic E-state index is 12.3. The van der Waals surface area contributed by atoms with Gasteiger partial charge in [0.25, 0.3) is 0 Å². The number of nitrogens with two attached hydrogens (primary N) is 1. The number of benzene rings is 1. The van der Waals surface area contributed by atoms with E-state index in [4.69, 9.17) is 10.5 Å². The lowest BCUT2D eigenvalue weighted by atomic mass is 10.2. The fourth-order valence-corrected chi connectivity index (χ4v) is 2.18. The Morgan fingerprint density at radius 2 is 2.00 bits per heavy atom. The summed E-state index contributed by atoms with van der Waals surface area (Å²) >= 11 is 0. The van der Waals surface area contributed by atoms with Crippen molar-refractivity contribution in [3.8, 4) is 0 Å². The van der Waals surface area contributed by atoms with E-state index in [2.05, 4.69) is 6.92 Å². The standard InChI is InChI=1S/C16H24N2O2/c1-2-10-20-11-9-16(19)18(15-7-8-15)12-13-3-5-14(17)6-4-13/h3-6,15H,2,7-12,17H2,1H3. The summed E-state index contributed by atoms with van der Waals surface area (Å²) in [5, 5.41) is 0. The van der Waals surface area contributed by atoms with E-state index in [1.54, 1.807) is 0 Å². The number of carbonyl (C=O) groups excluding carboxylic acids is 1. The lowest BCUT2D eigenvalue weighted by Gasteiger charge is -2.22. The zero-order chi connectivity index (χ0) is 14.4. The molecule has 1 amide bonds. The van der Waals surface area contributed by atoms with E-state index in [1.807, 2.05) is 29.2 Å². The van der Waals surface area contributed by atoms with E-state index in [-0.39, 0.29) is 5.91 Å². The quantitative estimate of drug-likeness (QED) is 0.586. The summed E-state index contributed by atoms with van der Waals surface area (Å²) in [5.41, 5.74) is 7.58. The zero-order valence-electron chi connectivity index (χ0n) is 12.2. The minimum absolute atomic E-state index is 0.195. The van der Waals surface area contributed by atoms with Gasteiger partial charge in [-0.05, 0) is 37.0 Å².